The van der Waals surface area contributed by atoms with Gasteiger partial charge in [-0.15, -0.1) is 22.7 Å². The van der Waals surface area contributed by atoms with Crippen LogP contribution in [0.4, 0.5) is 0 Å². The minimum absolute atomic E-state index is 1.25. The Morgan fingerprint density at radius 2 is 0.825 bits per heavy atom. The SMILES string of the molecule is c1ccc(-c2ccc(-c3cc4c(ccc5c4ccc4cc(-c6ccc(-c7ccccc7)cc6)sc45)s3)cc2)cc1. The maximum Gasteiger partial charge on any atom is 0.0428 e. The monoisotopic (exact) mass is 544 g/mol. The second-order valence-corrected chi connectivity index (χ2v) is 12.3. The summed E-state index contributed by atoms with van der Waals surface area (Å²) >= 11 is 3.77. The van der Waals surface area contributed by atoms with E-state index in [2.05, 4.69) is 146 Å². The summed E-state index contributed by atoms with van der Waals surface area (Å²) in [5.41, 5.74) is 7.55. The molecule has 8 aromatic rings. The average molecular weight is 545 g/mol. The quantitative estimate of drug-likeness (QED) is 0.207. The molecule has 0 amide bonds. The number of thiophene rings is 2. The molecule has 6 aromatic carbocycles. The van der Waals surface area contributed by atoms with Crippen molar-refractivity contribution in [1.82, 2.24) is 0 Å². The number of hydrogen-bond acceptors (Lipinski definition) is 2. The first-order valence-corrected chi connectivity index (χ1v) is 15.1. The normalized spacial score (nSPS) is 11.5. The Bertz CT molecular complexity index is 1960. The minimum Gasteiger partial charge on any atom is -0.135 e. The Kier molecular flexibility index (Phi) is 5.62. The van der Waals surface area contributed by atoms with Crippen molar-refractivity contribution in [2.24, 2.45) is 0 Å². The smallest absolute Gasteiger partial charge is 0.0428 e. The fourth-order valence-electron chi connectivity index (χ4n) is 5.62. The Hall–Kier alpha value is -4.50. The lowest BCUT2D eigenvalue weighted by Gasteiger charge is -2.03. The molecule has 0 aliphatic rings. The summed E-state index contributed by atoms with van der Waals surface area (Å²) in [6, 6.07) is 53.0. The molecule has 0 N–H and O–H groups in total. The molecule has 0 aliphatic heterocycles. The molecule has 2 heterocycles. The predicted molar refractivity (Wildman–Crippen MR) is 176 cm³/mol. The molecular weight excluding hydrogens is 521 g/mol. The highest BCUT2D eigenvalue weighted by atomic mass is 32.1. The van der Waals surface area contributed by atoms with Crippen LogP contribution in [0.15, 0.2) is 146 Å². The molecule has 0 bridgehead atoms. The van der Waals surface area contributed by atoms with Crippen LogP contribution in [0.25, 0.3) is 74.1 Å². The molecule has 40 heavy (non-hydrogen) atoms. The molecule has 0 aliphatic carbocycles. The zero-order valence-corrected chi connectivity index (χ0v) is 23.3. The van der Waals surface area contributed by atoms with Crippen molar-refractivity contribution in [3.05, 3.63) is 146 Å². The Morgan fingerprint density at radius 1 is 0.325 bits per heavy atom. The van der Waals surface area contributed by atoms with E-state index in [0.29, 0.717) is 0 Å². The van der Waals surface area contributed by atoms with Crippen LogP contribution in [-0.4, -0.2) is 0 Å². The van der Waals surface area contributed by atoms with Gasteiger partial charge in [0.15, 0.2) is 0 Å². The summed E-state index contributed by atoms with van der Waals surface area (Å²) in [6.07, 6.45) is 0. The predicted octanol–water partition coefficient (Wildman–Crippen LogP) is 11.9. The maximum atomic E-state index is 2.38. The first-order chi connectivity index (χ1) is 19.8. The number of hydrogen-bond donors (Lipinski definition) is 0. The number of benzene rings is 6. The van der Waals surface area contributed by atoms with E-state index in [4.69, 9.17) is 0 Å². The highest BCUT2D eigenvalue weighted by Gasteiger charge is 2.13. The maximum absolute atomic E-state index is 2.38. The van der Waals surface area contributed by atoms with Gasteiger partial charge in [0.05, 0.1) is 0 Å². The van der Waals surface area contributed by atoms with Crippen molar-refractivity contribution in [2.45, 2.75) is 0 Å². The van der Waals surface area contributed by atoms with Gasteiger partial charge in [0.25, 0.3) is 0 Å². The van der Waals surface area contributed by atoms with Gasteiger partial charge in [0, 0.05) is 29.9 Å². The van der Waals surface area contributed by atoms with Gasteiger partial charge in [-0.25, -0.2) is 0 Å². The van der Waals surface area contributed by atoms with Crippen LogP contribution in [0.2, 0.25) is 0 Å². The van der Waals surface area contributed by atoms with Gasteiger partial charge in [-0.05, 0) is 62.4 Å². The Morgan fingerprint density at radius 3 is 1.43 bits per heavy atom. The van der Waals surface area contributed by atoms with Gasteiger partial charge in [0.2, 0.25) is 0 Å². The first kappa shape index (κ1) is 23.4. The molecule has 0 radical (unpaired) electrons. The van der Waals surface area contributed by atoms with Crippen molar-refractivity contribution >= 4 is 53.6 Å². The Labute approximate surface area is 241 Å². The van der Waals surface area contributed by atoms with Crippen molar-refractivity contribution in [2.75, 3.05) is 0 Å². The van der Waals surface area contributed by atoms with Crippen molar-refractivity contribution in [3.63, 3.8) is 0 Å². The summed E-state index contributed by atoms with van der Waals surface area (Å²) in [5.74, 6) is 0. The second-order valence-electron chi connectivity index (χ2n) is 10.2. The lowest BCUT2D eigenvalue weighted by Crippen LogP contribution is -1.77. The molecule has 0 fully saturated rings. The molecule has 2 heteroatoms. The minimum atomic E-state index is 1.25. The number of fused-ring (bicyclic) bond motifs is 5. The van der Waals surface area contributed by atoms with E-state index in [1.807, 2.05) is 22.7 Å². The third-order valence-corrected chi connectivity index (χ3v) is 10.1. The van der Waals surface area contributed by atoms with Crippen LogP contribution in [0.5, 0.6) is 0 Å². The van der Waals surface area contributed by atoms with Crippen LogP contribution >= 0.6 is 22.7 Å². The molecule has 0 spiro atoms. The van der Waals surface area contributed by atoms with E-state index < -0.39 is 0 Å². The van der Waals surface area contributed by atoms with E-state index >= 15 is 0 Å². The lowest BCUT2D eigenvalue weighted by atomic mass is 10.0. The molecule has 0 atom stereocenters. The molecule has 188 valence electrons. The molecule has 2 aromatic heterocycles. The summed E-state index contributed by atoms with van der Waals surface area (Å²) in [5, 5.41) is 5.33. The van der Waals surface area contributed by atoms with Gasteiger partial charge < -0.3 is 0 Å². The third kappa shape index (κ3) is 4.05. The first-order valence-electron chi connectivity index (χ1n) is 13.5. The molecule has 0 saturated heterocycles. The highest BCUT2D eigenvalue weighted by Crippen LogP contribution is 2.43. The second kappa shape index (κ2) is 9.60. The van der Waals surface area contributed by atoms with Gasteiger partial charge in [0.1, 0.15) is 0 Å². The van der Waals surface area contributed by atoms with E-state index in [9.17, 15) is 0 Å². The standard InChI is InChI=1S/C38H24S2/c1-3-7-25(8-4-1)27-11-15-29(16-12-27)36-23-31-19-20-32-33(38(31)40-36)21-22-35-34(32)24-37(39-35)30-17-13-28(14-18-30)26-9-5-2-6-10-26/h1-24H. The van der Waals surface area contributed by atoms with Gasteiger partial charge >= 0.3 is 0 Å². The molecule has 0 unspecified atom stereocenters. The zero-order chi connectivity index (χ0) is 26.5. The molecule has 0 nitrogen and oxygen atoms in total. The van der Waals surface area contributed by atoms with Gasteiger partial charge in [-0.3, -0.25) is 0 Å². The third-order valence-electron chi connectivity index (χ3n) is 7.73. The van der Waals surface area contributed by atoms with Gasteiger partial charge in [-0.1, -0.05) is 127 Å². The molecular formula is C38H24S2. The average Bonchev–Trinajstić information content (AvgIpc) is 3.67. The van der Waals surface area contributed by atoms with E-state index in [1.165, 1.54) is 74.1 Å². The Balaban J connectivity index is 1.16. The van der Waals surface area contributed by atoms with Crippen LogP contribution < -0.4 is 0 Å². The van der Waals surface area contributed by atoms with Crippen LogP contribution in [0, 0.1) is 0 Å². The van der Waals surface area contributed by atoms with Crippen LogP contribution in [-0.2, 0) is 0 Å². The molecule has 0 saturated carbocycles. The summed E-state index contributed by atoms with van der Waals surface area (Å²) < 4.78 is 2.70. The number of rotatable bonds is 4. The summed E-state index contributed by atoms with van der Waals surface area (Å²) in [4.78, 5) is 2.62. The van der Waals surface area contributed by atoms with E-state index in [-0.39, 0.29) is 0 Å². The lowest BCUT2D eigenvalue weighted by molar-refractivity contribution is 1.62. The van der Waals surface area contributed by atoms with Crippen molar-refractivity contribution in [3.8, 4) is 43.1 Å². The van der Waals surface area contributed by atoms with Crippen LogP contribution in [0.1, 0.15) is 0 Å². The largest absolute Gasteiger partial charge is 0.135 e. The van der Waals surface area contributed by atoms with Crippen molar-refractivity contribution in [1.29, 1.82) is 0 Å². The highest BCUT2D eigenvalue weighted by molar-refractivity contribution is 7.23. The zero-order valence-electron chi connectivity index (χ0n) is 21.7. The molecule has 8 rings (SSSR count). The topological polar surface area (TPSA) is 0 Å². The van der Waals surface area contributed by atoms with E-state index in [0.717, 1.165) is 0 Å². The summed E-state index contributed by atoms with van der Waals surface area (Å²) in [6.45, 7) is 0. The van der Waals surface area contributed by atoms with Gasteiger partial charge in [-0.2, -0.15) is 0 Å². The van der Waals surface area contributed by atoms with Crippen LogP contribution in [0.3, 0.4) is 0 Å². The fraction of sp³-hybridized carbons (Fsp3) is 0. The van der Waals surface area contributed by atoms with Crippen molar-refractivity contribution < 1.29 is 0 Å². The van der Waals surface area contributed by atoms with E-state index in [1.54, 1.807) is 0 Å². The fourth-order valence-corrected chi connectivity index (χ4v) is 7.90. The summed E-state index contributed by atoms with van der Waals surface area (Å²) in [7, 11) is 0.